The summed E-state index contributed by atoms with van der Waals surface area (Å²) in [6, 6.07) is 8.76. The zero-order valence-corrected chi connectivity index (χ0v) is 19.7. The summed E-state index contributed by atoms with van der Waals surface area (Å²) in [5.41, 5.74) is 6.28. The van der Waals surface area contributed by atoms with Gasteiger partial charge in [0, 0.05) is 12.1 Å². The lowest BCUT2D eigenvalue weighted by Crippen LogP contribution is -2.63. The number of hydrogen-bond acceptors (Lipinski definition) is 4. The Bertz CT molecular complexity index is 839. The third-order valence-electron chi connectivity index (χ3n) is 7.50. The summed E-state index contributed by atoms with van der Waals surface area (Å²) >= 11 is 0. The summed E-state index contributed by atoms with van der Waals surface area (Å²) in [7, 11) is -3.79. The zero-order valence-electron chi connectivity index (χ0n) is 18.9. The molecule has 32 heavy (non-hydrogen) atoms. The van der Waals surface area contributed by atoms with Crippen LogP contribution in [0.4, 0.5) is 0 Å². The topological polar surface area (TPSA) is 113 Å². The summed E-state index contributed by atoms with van der Waals surface area (Å²) in [6.45, 7) is 0.943. The third-order valence-corrected chi connectivity index (χ3v) is 8.68. The van der Waals surface area contributed by atoms with Crippen LogP contribution in [-0.4, -0.2) is 39.0 Å². The van der Waals surface area contributed by atoms with Crippen molar-refractivity contribution in [2.45, 2.75) is 75.8 Å². The minimum atomic E-state index is -3.79. The van der Waals surface area contributed by atoms with Gasteiger partial charge in [-0.25, -0.2) is 4.72 Å². The van der Waals surface area contributed by atoms with Crippen molar-refractivity contribution in [3.05, 3.63) is 35.9 Å². The molecule has 4 bridgehead atoms. The number of rotatable bonds is 12. The maximum absolute atomic E-state index is 13.4. The third kappa shape index (κ3) is 6.10. The molecule has 178 valence electrons. The van der Waals surface area contributed by atoms with Crippen molar-refractivity contribution in [2.75, 3.05) is 13.1 Å². The Morgan fingerprint density at radius 1 is 1.00 bits per heavy atom. The van der Waals surface area contributed by atoms with Gasteiger partial charge in [-0.3, -0.25) is 4.79 Å². The van der Waals surface area contributed by atoms with Crippen molar-refractivity contribution in [1.82, 2.24) is 14.8 Å². The van der Waals surface area contributed by atoms with Crippen LogP contribution >= 0.6 is 0 Å². The summed E-state index contributed by atoms with van der Waals surface area (Å²) in [4.78, 5) is 13.4. The van der Waals surface area contributed by atoms with Gasteiger partial charge >= 0.3 is 0 Å². The molecule has 4 fully saturated rings. The van der Waals surface area contributed by atoms with Gasteiger partial charge in [0.05, 0.1) is 0 Å². The lowest BCUT2D eigenvalue weighted by Gasteiger charge is -2.57. The number of carbonyl (C=O) groups is 1. The standard InChI is InChI=1S/C24H38N4O3S/c25-9-5-2-6-10-26-32(30,31)28-22(14-18-7-3-1-4-8-18)23(29)27-24-15-19-11-20(16-24)13-21(12-19)17-24/h1,3-4,7-8,19-22,26,28H,2,5-6,9-17,25H2,(H,27,29)/t19?,20?,21?,22-,24?/m0/s1. The van der Waals surface area contributed by atoms with Gasteiger partial charge in [-0.15, -0.1) is 0 Å². The van der Waals surface area contributed by atoms with Gasteiger partial charge in [0.2, 0.25) is 5.91 Å². The smallest absolute Gasteiger partial charge is 0.277 e. The molecule has 7 nitrogen and oxygen atoms in total. The maximum Gasteiger partial charge on any atom is 0.277 e. The van der Waals surface area contributed by atoms with E-state index in [0.717, 1.165) is 44.1 Å². The molecule has 5 N–H and O–H groups in total. The van der Waals surface area contributed by atoms with Crippen molar-refractivity contribution < 1.29 is 13.2 Å². The molecule has 0 saturated heterocycles. The molecule has 0 spiro atoms. The Kier molecular flexibility index (Phi) is 7.54. The average Bonchev–Trinajstić information content (AvgIpc) is 2.72. The second-order valence-corrected chi connectivity index (χ2v) is 11.8. The molecule has 0 unspecified atom stereocenters. The maximum atomic E-state index is 13.4. The van der Waals surface area contributed by atoms with Crippen LogP contribution in [0, 0.1) is 17.8 Å². The molecular formula is C24H38N4O3S. The predicted octanol–water partition coefficient (Wildman–Crippen LogP) is 2.24. The van der Waals surface area contributed by atoms with E-state index in [1.807, 2.05) is 30.3 Å². The highest BCUT2D eigenvalue weighted by atomic mass is 32.2. The van der Waals surface area contributed by atoms with Gasteiger partial charge in [0.25, 0.3) is 10.2 Å². The molecule has 4 saturated carbocycles. The van der Waals surface area contributed by atoms with Gasteiger partial charge in [-0.2, -0.15) is 13.1 Å². The van der Waals surface area contributed by atoms with Crippen LogP contribution in [0.25, 0.3) is 0 Å². The molecule has 1 aromatic carbocycles. The highest BCUT2D eigenvalue weighted by Crippen LogP contribution is 2.55. The first-order valence-corrected chi connectivity index (χ1v) is 13.7. The van der Waals surface area contributed by atoms with Gasteiger partial charge in [0.15, 0.2) is 0 Å². The first kappa shape index (κ1) is 23.7. The summed E-state index contributed by atoms with van der Waals surface area (Å²) in [5.74, 6) is 1.92. The molecule has 0 aromatic heterocycles. The number of carbonyl (C=O) groups excluding carboxylic acids is 1. The zero-order chi connectivity index (χ0) is 22.6. The monoisotopic (exact) mass is 462 g/mol. The van der Waals surface area contributed by atoms with E-state index in [9.17, 15) is 13.2 Å². The van der Waals surface area contributed by atoms with Crippen LogP contribution in [0.5, 0.6) is 0 Å². The minimum absolute atomic E-state index is 0.151. The van der Waals surface area contributed by atoms with Gasteiger partial charge in [-0.05, 0) is 87.6 Å². The molecule has 0 radical (unpaired) electrons. The van der Waals surface area contributed by atoms with E-state index in [-0.39, 0.29) is 11.4 Å². The Morgan fingerprint density at radius 3 is 2.22 bits per heavy atom. The molecule has 4 aliphatic carbocycles. The first-order chi connectivity index (χ1) is 15.4. The van der Waals surface area contributed by atoms with Gasteiger partial charge < -0.3 is 11.1 Å². The lowest BCUT2D eigenvalue weighted by molar-refractivity contribution is -0.128. The Labute approximate surface area is 192 Å². The molecule has 5 rings (SSSR count). The van der Waals surface area contributed by atoms with Crippen LogP contribution in [0.1, 0.15) is 63.4 Å². The molecule has 4 aliphatic rings. The molecule has 1 amide bonds. The average molecular weight is 463 g/mol. The quantitative estimate of drug-likeness (QED) is 0.357. The van der Waals surface area contributed by atoms with Crippen LogP contribution in [-0.2, 0) is 21.4 Å². The fraction of sp³-hybridized carbons (Fsp3) is 0.708. The minimum Gasteiger partial charge on any atom is -0.349 e. The van der Waals surface area contributed by atoms with E-state index in [2.05, 4.69) is 14.8 Å². The largest absolute Gasteiger partial charge is 0.349 e. The predicted molar refractivity (Wildman–Crippen MR) is 126 cm³/mol. The van der Waals surface area contributed by atoms with Gasteiger partial charge in [-0.1, -0.05) is 36.8 Å². The fourth-order valence-corrected chi connectivity index (χ4v) is 7.59. The number of benzene rings is 1. The second-order valence-electron chi connectivity index (χ2n) is 10.3. The van der Waals surface area contributed by atoms with Crippen molar-refractivity contribution in [3.8, 4) is 0 Å². The van der Waals surface area contributed by atoms with E-state index in [1.165, 1.54) is 19.3 Å². The summed E-state index contributed by atoms with van der Waals surface area (Å²) in [5, 5.41) is 3.34. The molecule has 1 aromatic rings. The van der Waals surface area contributed by atoms with E-state index in [0.29, 0.717) is 37.3 Å². The van der Waals surface area contributed by atoms with Crippen molar-refractivity contribution >= 4 is 16.1 Å². The van der Waals surface area contributed by atoms with Crippen LogP contribution in [0.15, 0.2) is 30.3 Å². The Hall–Kier alpha value is -1.48. The molecule has 0 heterocycles. The Balaban J connectivity index is 1.42. The number of nitrogens with one attached hydrogen (secondary N) is 3. The molecule has 0 aliphatic heterocycles. The van der Waals surface area contributed by atoms with E-state index >= 15 is 0 Å². The first-order valence-electron chi connectivity index (χ1n) is 12.2. The van der Waals surface area contributed by atoms with Crippen LogP contribution < -0.4 is 20.5 Å². The SMILES string of the molecule is NCCCCCNS(=O)(=O)N[C@@H](Cc1ccccc1)C(=O)NC12CC3CC(CC(C3)C1)C2. The molecule has 1 atom stereocenters. The van der Waals surface area contributed by atoms with Crippen molar-refractivity contribution in [3.63, 3.8) is 0 Å². The number of hydrogen-bond donors (Lipinski definition) is 4. The Morgan fingerprint density at radius 2 is 1.62 bits per heavy atom. The lowest BCUT2D eigenvalue weighted by atomic mass is 9.53. The van der Waals surface area contributed by atoms with E-state index < -0.39 is 16.3 Å². The fourth-order valence-electron chi connectivity index (χ4n) is 6.53. The number of nitrogens with two attached hydrogens (primary N) is 1. The molecule has 8 heteroatoms. The number of amides is 1. The molecular weight excluding hydrogens is 424 g/mol. The van der Waals surface area contributed by atoms with Crippen LogP contribution in [0.2, 0.25) is 0 Å². The normalized spacial score (nSPS) is 29.7. The van der Waals surface area contributed by atoms with Crippen LogP contribution in [0.3, 0.4) is 0 Å². The highest BCUT2D eigenvalue weighted by molar-refractivity contribution is 7.87. The van der Waals surface area contributed by atoms with Gasteiger partial charge in [0.1, 0.15) is 6.04 Å². The van der Waals surface area contributed by atoms with E-state index in [4.69, 9.17) is 5.73 Å². The van der Waals surface area contributed by atoms with Crippen molar-refractivity contribution in [2.24, 2.45) is 23.5 Å². The highest BCUT2D eigenvalue weighted by Gasteiger charge is 2.52. The van der Waals surface area contributed by atoms with Crippen molar-refractivity contribution in [1.29, 1.82) is 0 Å². The summed E-state index contributed by atoms with van der Waals surface area (Å²) < 4.78 is 30.6. The second kappa shape index (κ2) is 10.2. The van der Waals surface area contributed by atoms with E-state index in [1.54, 1.807) is 0 Å². The number of unbranched alkanes of at least 4 members (excludes halogenated alkanes) is 2. The summed E-state index contributed by atoms with van der Waals surface area (Å²) in [6.07, 6.45) is 9.79.